The van der Waals surface area contributed by atoms with Crippen molar-refractivity contribution in [1.82, 2.24) is 15.8 Å². The van der Waals surface area contributed by atoms with Gasteiger partial charge in [0.15, 0.2) is 0 Å². The van der Waals surface area contributed by atoms with Crippen LogP contribution in [0.4, 0.5) is 10.5 Å². The number of nitrogens with zero attached hydrogens (tertiary/aromatic N) is 1. The average molecular weight is 450 g/mol. The molecular formula is C24H26N4O5. The standard InChI is InChI=1S/C24H26N4O5/c1-15(2)12-20(23(30)31)27-22(29)21-13-19(28-33-21)17-8-10-18(11-9-17)26-24(32)25-14-16-6-4-3-5-7-16/h3-11,13,15,20H,12,14H2,1-2H3,(H,27,29)(H,30,31)(H2,25,26,32). The zero-order chi connectivity index (χ0) is 23.8. The number of aliphatic carboxylic acids is 1. The molecule has 4 N–H and O–H groups in total. The number of amides is 3. The van der Waals surface area contributed by atoms with E-state index in [2.05, 4.69) is 21.1 Å². The van der Waals surface area contributed by atoms with Gasteiger partial charge in [0.2, 0.25) is 5.76 Å². The highest BCUT2D eigenvalue weighted by Gasteiger charge is 2.24. The Bertz CT molecular complexity index is 1090. The summed E-state index contributed by atoms with van der Waals surface area (Å²) in [4.78, 5) is 35.8. The number of hydrogen-bond acceptors (Lipinski definition) is 5. The van der Waals surface area contributed by atoms with E-state index in [0.29, 0.717) is 29.9 Å². The monoisotopic (exact) mass is 450 g/mol. The van der Waals surface area contributed by atoms with Gasteiger partial charge in [-0.2, -0.15) is 0 Å². The number of anilines is 1. The van der Waals surface area contributed by atoms with Gasteiger partial charge in [-0.05, 0) is 30.0 Å². The first-order valence-electron chi connectivity index (χ1n) is 10.5. The van der Waals surface area contributed by atoms with Gasteiger partial charge < -0.3 is 25.6 Å². The molecule has 33 heavy (non-hydrogen) atoms. The molecule has 0 saturated heterocycles. The molecule has 0 fully saturated rings. The summed E-state index contributed by atoms with van der Waals surface area (Å²) in [7, 11) is 0. The van der Waals surface area contributed by atoms with E-state index in [1.807, 2.05) is 44.2 Å². The number of benzene rings is 2. The zero-order valence-electron chi connectivity index (χ0n) is 18.4. The van der Waals surface area contributed by atoms with Gasteiger partial charge in [0.05, 0.1) is 0 Å². The Labute approximate surface area is 191 Å². The second-order valence-corrected chi connectivity index (χ2v) is 7.94. The first-order chi connectivity index (χ1) is 15.8. The third-order valence-corrected chi connectivity index (χ3v) is 4.78. The lowest BCUT2D eigenvalue weighted by Gasteiger charge is -2.15. The topological polar surface area (TPSA) is 134 Å². The molecule has 0 radical (unpaired) electrons. The van der Waals surface area contributed by atoms with Crippen molar-refractivity contribution in [3.05, 3.63) is 72.0 Å². The maximum Gasteiger partial charge on any atom is 0.326 e. The van der Waals surface area contributed by atoms with Crippen LogP contribution in [0.1, 0.15) is 36.4 Å². The van der Waals surface area contributed by atoms with Crippen LogP contribution in [0.2, 0.25) is 0 Å². The van der Waals surface area contributed by atoms with Crippen LogP contribution in [0.25, 0.3) is 11.3 Å². The molecule has 3 aromatic rings. The molecule has 0 spiro atoms. The molecule has 3 rings (SSSR count). The molecule has 2 aromatic carbocycles. The second kappa shape index (κ2) is 10.9. The third-order valence-electron chi connectivity index (χ3n) is 4.78. The van der Waals surface area contributed by atoms with Crippen molar-refractivity contribution in [3.63, 3.8) is 0 Å². The fraction of sp³-hybridized carbons (Fsp3) is 0.250. The molecule has 1 aromatic heterocycles. The Hall–Kier alpha value is -4.14. The smallest absolute Gasteiger partial charge is 0.326 e. The van der Waals surface area contributed by atoms with Crippen molar-refractivity contribution >= 4 is 23.6 Å². The molecule has 1 heterocycles. The molecule has 1 unspecified atom stereocenters. The van der Waals surface area contributed by atoms with Gasteiger partial charge >= 0.3 is 12.0 Å². The Balaban J connectivity index is 1.57. The molecule has 0 aliphatic rings. The summed E-state index contributed by atoms with van der Waals surface area (Å²) in [5.74, 6) is -1.73. The lowest BCUT2D eigenvalue weighted by Crippen LogP contribution is -2.41. The van der Waals surface area contributed by atoms with Gasteiger partial charge in [-0.1, -0.05) is 61.5 Å². The highest BCUT2D eigenvalue weighted by molar-refractivity contribution is 5.95. The van der Waals surface area contributed by atoms with Crippen LogP contribution in [0, 0.1) is 5.92 Å². The minimum Gasteiger partial charge on any atom is -0.480 e. The van der Waals surface area contributed by atoms with E-state index in [4.69, 9.17) is 4.52 Å². The summed E-state index contributed by atoms with van der Waals surface area (Å²) in [6.07, 6.45) is 0.301. The zero-order valence-corrected chi connectivity index (χ0v) is 18.4. The van der Waals surface area contributed by atoms with Gasteiger partial charge in [0, 0.05) is 23.9 Å². The molecule has 172 valence electrons. The van der Waals surface area contributed by atoms with Crippen LogP contribution in [0.5, 0.6) is 0 Å². The minimum absolute atomic E-state index is 0.0810. The Morgan fingerprint density at radius 1 is 1.03 bits per heavy atom. The fourth-order valence-electron chi connectivity index (χ4n) is 3.12. The molecule has 0 aliphatic heterocycles. The Morgan fingerprint density at radius 2 is 1.73 bits per heavy atom. The number of carbonyl (C=O) groups is 3. The van der Waals surface area contributed by atoms with Gasteiger partial charge in [-0.3, -0.25) is 4.79 Å². The van der Waals surface area contributed by atoms with E-state index in [1.165, 1.54) is 6.07 Å². The largest absolute Gasteiger partial charge is 0.480 e. The lowest BCUT2D eigenvalue weighted by molar-refractivity contribution is -0.139. The van der Waals surface area contributed by atoms with Crippen molar-refractivity contribution in [2.24, 2.45) is 5.92 Å². The number of carboxylic acid groups (broad SMARTS) is 1. The van der Waals surface area contributed by atoms with Crippen molar-refractivity contribution < 1.29 is 24.0 Å². The quantitative estimate of drug-likeness (QED) is 0.391. The molecule has 0 saturated carbocycles. The predicted molar refractivity (Wildman–Crippen MR) is 123 cm³/mol. The van der Waals surface area contributed by atoms with Crippen molar-refractivity contribution in [3.8, 4) is 11.3 Å². The van der Waals surface area contributed by atoms with E-state index < -0.39 is 17.9 Å². The van der Waals surface area contributed by atoms with E-state index in [-0.39, 0.29) is 17.7 Å². The van der Waals surface area contributed by atoms with Crippen molar-refractivity contribution in [2.75, 3.05) is 5.32 Å². The summed E-state index contributed by atoms with van der Waals surface area (Å²) >= 11 is 0. The van der Waals surface area contributed by atoms with Crippen molar-refractivity contribution in [1.29, 1.82) is 0 Å². The van der Waals surface area contributed by atoms with Crippen LogP contribution in [0.3, 0.4) is 0 Å². The molecular weight excluding hydrogens is 424 g/mol. The van der Waals surface area contributed by atoms with Crippen LogP contribution in [-0.4, -0.2) is 34.2 Å². The Kier molecular flexibility index (Phi) is 7.80. The second-order valence-electron chi connectivity index (χ2n) is 7.94. The number of hydrogen-bond donors (Lipinski definition) is 4. The molecule has 9 heteroatoms. The maximum absolute atomic E-state index is 12.4. The summed E-state index contributed by atoms with van der Waals surface area (Å²) in [5, 5.41) is 21.2. The number of carboxylic acids is 1. The molecule has 0 bridgehead atoms. The first-order valence-corrected chi connectivity index (χ1v) is 10.5. The molecule has 1 atom stereocenters. The number of aromatic nitrogens is 1. The summed E-state index contributed by atoms with van der Waals surface area (Å²) in [6.45, 7) is 4.16. The van der Waals surface area contributed by atoms with E-state index in [1.54, 1.807) is 24.3 Å². The van der Waals surface area contributed by atoms with Crippen molar-refractivity contribution in [2.45, 2.75) is 32.9 Å². The molecule has 9 nitrogen and oxygen atoms in total. The van der Waals surface area contributed by atoms with Crippen LogP contribution in [-0.2, 0) is 11.3 Å². The lowest BCUT2D eigenvalue weighted by atomic mass is 10.0. The summed E-state index contributed by atoms with van der Waals surface area (Å²) < 4.78 is 5.10. The highest BCUT2D eigenvalue weighted by atomic mass is 16.5. The number of carbonyl (C=O) groups excluding carboxylic acids is 2. The Morgan fingerprint density at radius 3 is 2.36 bits per heavy atom. The van der Waals surface area contributed by atoms with E-state index >= 15 is 0 Å². The van der Waals surface area contributed by atoms with Gasteiger partial charge in [0.1, 0.15) is 11.7 Å². The van der Waals surface area contributed by atoms with Gasteiger partial charge in [-0.15, -0.1) is 0 Å². The third kappa shape index (κ3) is 6.93. The maximum atomic E-state index is 12.4. The van der Waals surface area contributed by atoms with Crippen LogP contribution < -0.4 is 16.0 Å². The number of rotatable bonds is 9. The SMILES string of the molecule is CC(C)CC(NC(=O)c1cc(-c2ccc(NC(=O)NCc3ccccc3)cc2)no1)C(=O)O. The minimum atomic E-state index is -1.10. The normalized spacial score (nSPS) is 11.6. The average Bonchev–Trinajstić information content (AvgIpc) is 3.28. The van der Waals surface area contributed by atoms with Gasteiger partial charge in [-0.25, -0.2) is 9.59 Å². The van der Waals surface area contributed by atoms with Gasteiger partial charge in [0.25, 0.3) is 5.91 Å². The summed E-state index contributed by atoms with van der Waals surface area (Å²) in [5.41, 5.74) is 2.66. The highest BCUT2D eigenvalue weighted by Crippen LogP contribution is 2.21. The predicted octanol–water partition coefficient (Wildman–Crippen LogP) is 3.89. The molecule has 0 aliphatic carbocycles. The number of urea groups is 1. The van der Waals surface area contributed by atoms with Crippen LogP contribution >= 0.6 is 0 Å². The number of nitrogens with one attached hydrogen (secondary N) is 3. The van der Waals surface area contributed by atoms with E-state index in [0.717, 1.165) is 5.56 Å². The fourth-order valence-corrected chi connectivity index (χ4v) is 3.12. The molecule has 3 amide bonds. The van der Waals surface area contributed by atoms with E-state index in [9.17, 15) is 19.5 Å². The van der Waals surface area contributed by atoms with Crippen LogP contribution in [0.15, 0.2) is 65.2 Å². The first kappa shape index (κ1) is 23.5. The summed E-state index contributed by atoms with van der Waals surface area (Å²) in [6, 6.07) is 16.5.